The highest BCUT2D eigenvalue weighted by Gasteiger charge is 2.19. The Kier molecular flexibility index (Phi) is 2.58. The fraction of sp³-hybridized carbons (Fsp3) is 0.143. The molecule has 1 aliphatic heterocycles. The second-order valence-corrected chi connectivity index (χ2v) is 5.14. The van der Waals surface area contributed by atoms with E-state index in [4.69, 9.17) is 0 Å². The molecule has 16 heavy (non-hydrogen) atoms. The Morgan fingerprint density at radius 3 is 2.56 bits per heavy atom. The molecular formula is C14H13NS. The van der Waals surface area contributed by atoms with Crippen LogP contribution in [0, 0.1) is 0 Å². The van der Waals surface area contributed by atoms with Crippen molar-refractivity contribution in [3.63, 3.8) is 0 Å². The minimum absolute atomic E-state index is 0.524. The van der Waals surface area contributed by atoms with E-state index in [1.807, 2.05) is 11.8 Å². The molecule has 0 radical (unpaired) electrons. The van der Waals surface area contributed by atoms with Gasteiger partial charge >= 0.3 is 0 Å². The van der Waals surface area contributed by atoms with Gasteiger partial charge in [0.05, 0.1) is 5.25 Å². The molecule has 0 aliphatic carbocycles. The SMILES string of the molecule is c1ccc(C2CNc3ccccc3S2)cc1. The molecule has 0 aromatic heterocycles. The Balaban J connectivity index is 1.89. The summed E-state index contributed by atoms with van der Waals surface area (Å²) in [5, 5.41) is 4.01. The zero-order chi connectivity index (χ0) is 10.8. The van der Waals surface area contributed by atoms with Crippen molar-refractivity contribution in [1.29, 1.82) is 0 Å². The third kappa shape index (κ3) is 1.81. The van der Waals surface area contributed by atoms with Crippen LogP contribution < -0.4 is 5.32 Å². The van der Waals surface area contributed by atoms with Gasteiger partial charge in [0.1, 0.15) is 0 Å². The highest BCUT2D eigenvalue weighted by molar-refractivity contribution is 7.99. The third-order valence-corrected chi connectivity index (χ3v) is 4.14. The summed E-state index contributed by atoms with van der Waals surface area (Å²) in [6, 6.07) is 19.2. The Hall–Kier alpha value is -1.41. The van der Waals surface area contributed by atoms with Crippen molar-refractivity contribution >= 4 is 17.4 Å². The Labute approximate surface area is 99.9 Å². The molecule has 2 aromatic rings. The first kappa shape index (κ1) is 9.79. The van der Waals surface area contributed by atoms with E-state index in [2.05, 4.69) is 59.9 Å². The van der Waals surface area contributed by atoms with Gasteiger partial charge in [-0.2, -0.15) is 0 Å². The van der Waals surface area contributed by atoms with Gasteiger partial charge < -0.3 is 5.32 Å². The van der Waals surface area contributed by atoms with Gasteiger partial charge in [0.15, 0.2) is 0 Å². The van der Waals surface area contributed by atoms with Crippen LogP contribution in [0.1, 0.15) is 10.8 Å². The normalized spacial score (nSPS) is 18.6. The summed E-state index contributed by atoms with van der Waals surface area (Å²) < 4.78 is 0. The summed E-state index contributed by atoms with van der Waals surface area (Å²) in [6.45, 7) is 1.01. The van der Waals surface area contributed by atoms with E-state index in [9.17, 15) is 0 Å². The fourth-order valence-corrected chi connectivity index (χ4v) is 3.16. The molecule has 1 unspecified atom stereocenters. The van der Waals surface area contributed by atoms with Crippen molar-refractivity contribution in [1.82, 2.24) is 0 Å². The molecule has 80 valence electrons. The molecule has 0 bridgehead atoms. The van der Waals surface area contributed by atoms with Crippen molar-refractivity contribution in [3.05, 3.63) is 60.2 Å². The van der Waals surface area contributed by atoms with Crippen molar-refractivity contribution in [2.45, 2.75) is 10.1 Å². The van der Waals surface area contributed by atoms with E-state index in [-0.39, 0.29) is 0 Å². The van der Waals surface area contributed by atoms with E-state index >= 15 is 0 Å². The van der Waals surface area contributed by atoms with Crippen LogP contribution in [0.2, 0.25) is 0 Å². The predicted octanol–water partition coefficient (Wildman–Crippen LogP) is 3.95. The molecule has 0 saturated carbocycles. The number of benzene rings is 2. The minimum atomic E-state index is 0.524. The molecule has 0 spiro atoms. The Morgan fingerprint density at radius 1 is 0.938 bits per heavy atom. The fourth-order valence-electron chi connectivity index (χ4n) is 1.97. The molecule has 1 nitrogen and oxygen atoms in total. The molecule has 3 rings (SSSR count). The van der Waals surface area contributed by atoms with Gasteiger partial charge in [-0.15, -0.1) is 11.8 Å². The van der Waals surface area contributed by atoms with E-state index in [0.717, 1.165) is 6.54 Å². The molecule has 0 saturated heterocycles. The molecular weight excluding hydrogens is 214 g/mol. The number of thioether (sulfide) groups is 1. The molecule has 1 atom stereocenters. The number of fused-ring (bicyclic) bond motifs is 1. The maximum absolute atomic E-state index is 3.49. The van der Waals surface area contributed by atoms with Crippen LogP contribution in [-0.2, 0) is 0 Å². The topological polar surface area (TPSA) is 12.0 Å². The van der Waals surface area contributed by atoms with Crippen molar-refractivity contribution in [3.8, 4) is 0 Å². The van der Waals surface area contributed by atoms with Crippen LogP contribution in [0.15, 0.2) is 59.5 Å². The summed E-state index contributed by atoms with van der Waals surface area (Å²) in [6.07, 6.45) is 0. The number of para-hydroxylation sites is 1. The highest BCUT2D eigenvalue weighted by Crippen LogP contribution is 2.42. The van der Waals surface area contributed by atoms with Gasteiger partial charge in [0, 0.05) is 17.1 Å². The summed E-state index contributed by atoms with van der Waals surface area (Å²) in [5.74, 6) is 0. The number of hydrogen-bond acceptors (Lipinski definition) is 2. The molecule has 0 fully saturated rings. The summed E-state index contributed by atoms with van der Waals surface area (Å²) in [7, 11) is 0. The quantitative estimate of drug-likeness (QED) is 0.791. The van der Waals surface area contributed by atoms with Gasteiger partial charge in [0.2, 0.25) is 0 Å². The third-order valence-electron chi connectivity index (χ3n) is 2.81. The van der Waals surface area contributed by atoms with Gasteiger partial charge in [0.25, 0.3) is 0 Å². The lowest BCUT2D eigenvalue weighted by Crippen LogP contribution is -2.14. The second kappa shape index (κ2) is 4.22. The van der Waals surface area contributed by atoms with Crippen LogP contribution in [0.5, 0.6) is 0 Å². The maximum atomic E-state index is 3.49. The largest absolute Gasteiger partial charge is 0.383 e. The van der Waals surface area contributed by atoms with E-state index in [1.54, 1.807) is 0 Å². The van der Waals surface area contributed by atoms with Gasteiger partial charge in [-0.05, 0) is 17.7 Å². The van der Waals surface area contributed by atoms with Crippen molar-refractivity contribution in [2.75, 3.05) is 11.9 Å². The van der Waals surface area contributed by atoms with Gasteiger partial charge in [-0.1, -0.05) is 42.5 Å². The van der Waals surface area contributed by atoms with Crippen LogP contribution in [-0.4, -0.2) is 6.54 Å². The standard InChI is InChI=1S/C14H13NS/c1-2-6-11(7-3-1)14-10-15-12-8-4-5-9-13(12)16-14/h1-9,14-15H,10H2. The van der Waals surface area contributed by atoms with Crippen LogP contribution in [0.4, 0.5) is 5.69 Å². The molecule has 2 heteroatoms. The smallest absolute Gasteiger partial charge is 0.0517 e. The Bertz CT molecular complexity index is 481. The van der Waals surface area contributed by atoms with E-state index in [0.29, 0.717) is 5.25 Å². The lowest BCUT2D eigenvalue weighted by Gasteiger charge is -2.25. The number of rotatable bonds is 1. The molecule has 0 amide bonds. The predicted molar refractivity (Wildman–Crippen MR) is 70.0 cm³/mol. The molecule has 1 heterocycles. The minimum Gasteiger partial charge on any atom is -0.383 e. The van der Waals surface area contributed by atoms with E-state index in [1.165, 1.54) is 16.1 Å². The van der Waals surface area contributed by atoms with Crippen LogP contribution >= 0.6 is 11.8 Å². The molecule has 2 aromatic carbocycles. The van der Waals surface area contributed by atoms with Crippen LogP contribution in [0.3, 0.4) is 0 Å². The second-order valence-electron chi connectivity index (χ2n) is 3.89. The van der Waals surface area contributed by atoms with Crippen molar-refractivity contribution in [2.24, 2.45) is 0 Å². The Morgan fingerprint density at radius 2 is 1.69 bits per heavy atom. The lowest BCUT2D eigenvalue weighted by molar-refractivity contribution is 0.964. The first-order chi connectivity index (χ1) is 7.93. The number of nitrogens with one attached hydrogen (secondary N) is 1. The maximum Gasteiger partial charge on any atom is 0.0517 e. The first-order valence-corrected chi connectivity index (χ1v) is 6.36. The summed E-state index contributed by atoms with van der Waals surface area (Å²) >= 11 is 1.95. The highest BCUT2D eigenvalue weighted by atomic mass is 32.2. The molecule has 1 aliphatic rings. The zero-order valence-electron chi connectivity index (χ0n) is 8.89. The molecule has 1 N–H and O–H groups in total. The lowest BCUT2D eigenvalue weighted by atomic mass is 10.1. The zero-order valence-corrected chi connectivity index (χ0v) is 9.71. The van der Waals surface area contributed by atoms with Gasteiger partial charge in [-0.3, -0.25) is 0 Å². The average Bonchev–Trinajstić information content (AvgIpc) is 2.39. The number of hydrogen-bond donors (Lipinski definition) is 1. The van der Waals surface area contributed by atoms with Crippen molar-refractivity contribution < 1.29 is 0 Å². The van der Waals surface area contributed by atoms with Gasteiger partial charge in [-0.25, -0.2) is 0 Å². The average molecular weight is 227 g/mol. The summed E-state index contributed by atoms with van der Waals surface area (Å²) in [4.78, 5) is 1.35. The van der Waals surface area contributed by atoms with Crippen LogP contribution in [0.25, 0.3) is 0 Å². The number of anilines is 1. The summed E-state index contributed by atoms with van der Waals surface area (Å²) in [5.41, 5.74) is 2.66. The van der Waals surface area contributed by atoms with E-state index < -0.39 is 0 Å². The monoisotopic (exact) mass is 227 g/mol. The first-order valence-electron chi connectivity index (χ1n) is 5.48.